The second-order valence-corrected chi connectivity index (χ2v) is 6.43. The fourth-order valence-electron chi connectivity index (χ4n) is 2.88. The van der Waals surface area contributed by atoms with Crippen molar-refractivity contribution in [3.05, 3.63) is 47.8 Å². The lowest BCUT2D eigenvalue weighted by molar-refractivity contribution is 0.155. The first kappa shape index (κ1) is 17.3. The largest absolute Gasteiger partial charge is 0.474 e. The predicted octanol–water partition coefficient (Wildman–Crippen LogP) is 3.15. The smallest absolute Gasteiger partial charge is 0.219 e. The van der Waals surface area contributed by atoms with E-state index in [-0.39, 0.29) is 6.10 Å². The van der Waals surface area contributed by atoms with Crippen molar-refractivity contribution in [3.63, 3.8) is 0 Å². The van der Waals surface area contributed by atoms with E-state index in [2.05, 4.69) is 30.8 Å². The quantitative estimate of drug-likeness (QED) is 0.616. The molecule has 4 heterocycles. The van der Waals surface area contributed by atoms with Crippen LogP contribution in [-0.2, 0) is 0 Å². The molecule has 0 aliphatic carbocycles. The molecule has 140 valence electrons. The minimum Gasteiger partial charge on any atom is -0.474 e. The van der Waals surface area contributed by atoms with Gasteiger partial charge in [-0.1, -0.05) is 0 Å². The van der Waals surface area contributed by atoms with Crippen LogP contribution in [0.25, 0.3) is 12.2 Å². The SMILES string of the molecule is Cc1cc(Nc2cc(OC3CCNCC3)nc(/C=C/c3ccco3)n2)n[nH]1. The number of nitrogens with zero attached hydrogens (tertiary/aromatic N) is 3. The highest BCUT2D eigenvalue weighted by atomic mass is 16.5. The maximum absolute atomic E-state index is 6.10. The number of hydrogen-bond acceptors (Lipinski definition) is 7. The fraction of sp³-hybridized carbons (Fsp3) is 0.316. The highest BCUT2D eigenvalue weighted by Gasteiger charge is 2.16. The van der Waals surface area contributed by atoms with Gasteiger partial charge in [-0.25, -0.2) is 4.98 Å². The molecule has 1 saturated heterocycles. The van der Waals surface area contributed by atoms with Crippen LogP contribution in [0.4, 0.5) is 11.6 Å². The van der Waals surface area contributed by atoms with Crippen molar-refractivity contribution >= 4 is 23.8 Å². The number of nitrogens with one attached hydrogen (secondary N) is 3. The van der Waals surface area contributed by atoms with Crippen LogP contribution in [0.1, 0.15) is 30.1 Å². The van der Waals surface area contributed by atoms with Gasteiger partial charge in [0.1, 0.15) is 17.7 Å². The lowest BCUT2D eigenvalue weighted by Gasteiger charge is -2.23. The Morgan fingerprint density at radius 2 is 2.07 bits per heavy atom. The standard InChI is InChI=1S/C19H22N6O2/c1-13-11-18(25-24-13)22-17-12-19(27-15-6-8-20-9-7-15)23-16(21-17)5-4-14-3-2-10-26-14/h2-5,10-12,15,20H,6-9H2,1H3,(H2,21,22,23,24,25)/b5-4+. The second kappa shape index (κ2) is 8.05. The van der Waals surface area contributed by atoms with Crippen molar-refractivity contribution in [2.45, 2.75) is 25.9 Å². The zero-order valence-electron chi connectivity index (χ0n) is 15.1. The number of ether oxygens (including phenoxy) is 1. The third-order valence-corrected chi connectivity index (χ3v) is 4.20. The minimum absolute atomic E-state index is 0.156. The van der Waals surface area contributed by atoms with Crippen LogP contribution in [0.2, 0.25) is 0 Å². The average Bonchev–Trinajstić information content (AvgIpc) is 3.32. The molecule has 0 spiro atoms. The average molecular weight is 366 g/mol. The van der Waals surface area contributed by atoms with Gasteiger partial charge in [0.15, 0.2) is 11.6 Å². The molecule has 0 bridgehead atoms. The Morgan fingerprint density at radius 3 is 2.81 bits per heavy atom. The maximum Gasteiger partial charge on any atom is 0.219 e. The van der Waals surface area contributed by atoms with E-state index >= 15 is 0 Å². The summed E-state index contributed by atoms with van der Waals surface area (Å²) in [5.41, 5.74) is 0.968. The van der Waals surface area contributed by atoms with E-state index in [0.717, 1.165) is 37.4 Å². The molecule has 8 heteroatoms. The summed E-state index contributed by atoms with van der Waals surface area (Å²) in [5.74, 6) is 3.14. The van der Waals surface area contributed by atoms with Gasteiger partial charge in [-0.2, -0.15) is 10.1 Å². The summed E-state index contributed by atoms with van der Waals surface area (Å²) in [4.78, 5) is 9.06. The van der Waals surface area contributed by atoms with E-state index in [0.29, 0.717) is 23.3 Å². The monoisotopic (exact) mass is 366 g/mol. The van der Waals surface area contributed by atoms with Crippen molar-refractivity contribution in [3.8, 4) is 5.88 Å². The Balaban J connectivity index is 1.58. The van der Waals surface area contributed by atoms with E-state index in [1.807, 2.05) is 31.2 Å². The van der Waals surface area contributed by atoms with E-state index in [1.54, 1.807) is 18.4 Å². The third kappa shape index (κ3) is 4.73. The van der Waals surface area contributed by atoms with E-state index < -0.39 is 0 Å². The fourth-order valence-corrected chi connectivity index (χ4v) is 2.88. The van der Waals surface area contributed by atoms with Gasteiger partial charge in [0, 0.05) is 17.8 Å². The molecule has 0 amide bonds. The summed E-state index contributed by atoms with van der Waals surface area (Å²) in [7, 11) is 0. The third-order valence-electron chi connectivity index (χ3n) is 4.20. The molecule has 0 atom stereocenters. The van der Waals surface area contributed by atoms with Gasteiger partial charge in [-0.05, 0) is 57.1 Å². The van der Waals surface area contributed by atoms with Crippen LogP contribution < -0.4 is 15.4 Å². The molecule has 4 rings (SSSR count). The lowest BCUT2D eigenvalue weighted by atomic mass is 10.1. The van der Waals surface area contributed by atoms with Gasteiger partial charge in [0.2, 0.25) is 5.88 Å². The number of furan rings is 1. The summed E-state index contributed by atoms with van der Waals surface area (Å²) in [6.45, 7) is 3.86. The molecule has 0 saturated carbocycles. The first-order chi connectivity index (χ1) is 13.2. The van der Waals surface area contributed by atoms with E-state index in [9.17, 15) is 0 Å². The lowest BCUT2D eigenvalue weighted by Crippen LogP contribution is -2.34. The summed E-state index contributed by atoms with van der Waals surface area (Å²) >= 11 is 0. The number of aromatic nitrogens is 4. The zero-order chi connectivity index (χ0) is 18.5. The molecular weight excluding hydrogens is 344 g/mol. The van der Waals surface area contributed by atoms with Crippen LogP contribution in [0.5, 0.6) is 5.88 Å². The Morgan fingerprint density at radius 1 is 1.19 bits per heavy atom. The number of piperidine rings is 1. The Kier molecular flexibility index (Phi) is 5.15. The molecule has 27 heavy (non-hydrogen) atoms. The number of rotatable bonds is 6. The molecule has 0 unspecified atom stereocenters. The number of aryl methyl sites for hydroxylation is 1. The molecule has 1 fully saturated rings. The molecular formula is C19H22N6O2. The Labute approximate surface area is 157 Å². The number of anilines is 2. The number of hydrogen-bond donors (Lipinski definition) is 3. The summed E-state index contributed by atoms with van der Waals surface area (Å²) in [6.07, 6.45) is 7.33. The molecule has 8 nitrogen and oxygen atoms in total. The zero-order valence-corrected chi connectivity index (χ0v) is 15.1. The Hall–Kier alpha value is -3.13. The normalized spacial score (nSPS) is 15.3. The molecule has 1 aliphatic rings. The first-order valence-electron chi connectivity index (χ1n) is 9.02. The van der Waals surface area contributed by atoms with Crippen LogP contribution in [-0.4, -0.2) is 39.4 Å². The summed E-state index contributed by atoms with van der Waals surface area (Å²) in [6, 6.07) is 7.42. The molecule has 0 radical (unpaired) electrons. The van der Waals surface area contributed by atoms with Gasteiger partial charge >= 0.3 is 0 Å². The highest BCUT2D eigenvalue weighted by Crippen LogP contribution is 2.21. The molecule has 3 N–H and O–H groups in total. The summed E-state index contributed by atoms with van der Waals surface area (Å²) in [5, 5.41) is 13.6. The van der Waals surface area contributed by atoms with Gasteiger partial charge in [-0.15, -0.1) is 0 Å². The topological polar surface area (TPSA) is 101 Å². The highest BCUT2D eigenvalue weighted by molar-refractivity contribution is 5.65. The molecule has 0 aromatic carbocycles. The predicted molar refractivity (Wildman–Crippen MR) is 103 cm³/mol. The first-order valence-corrected chi connectivity index (χ1v) is 9.02. The van der Waals surface area contributed by atoms with E-state index in [4.69, 9.17) is 9.15 Å². The van der Waals surface area contributed by atoms with Crippen molar-refractivity contribution < 1.29 is 9.15 Å². The van der Waals surface area contributed by atoms with Crippen molar-refractivity contribution in [1.29, 1.82) is 0 Å². The van der Waals surface area contributed by atoms with Gasteiger partial charge < -0.3 is 19.8 Å². The minimum atomic E-state index is 0.156. The molecule has 3 aromatic rings. The van der Waals surface area contributed by atoms with Crippen LogP contribution >= 0.6 is 0 Å². The van der Waals surface area contributed by atoms with Gasteiger partial charge in [-0.3, -0.25) is 5.10 Å². The number of aromatic amines is 1. The second-order valence-electron chi connectivity index (χ2n) is 6.43. The van der Waals surface area contributed by atoms with Crippen LogP contribution in [0.15, 0.2) is 34.9 Å². The van der Waals surface area contributed by atoms with Crippen molar-refractivity contribution in [2.75, 3.05) is 18.4 Å². The van der Waals surface area contributed by atoms with Gasteiger partial charge in [0.05, 0.1) is 6.26 Å². The van der Waals surface area contributed by atoms with E-state index in [1.165, 1.54) is 0 Å². The molecule has 1 aliphatic heterocycles. The van der Waals surface area contributed by atoms with Crippen molar-refractivity contribution in [2.24, 2.45) is 0 Å². The molecule has 3 aromatic heterocycles. The van der Waals surface area contributed by atoms with Gasteiger partial charge in [0.25, 0.3) is 0 Å². The van der Waals surface area contributed by atoms with Crippen LogP contribution in [0, 0.1) is 6.92 Å². The maximum atomic E-state index is 6.10. The van der Waals surface area contributed by atoms with Crippen LogP contribution in [0.3, 0.4) is 0 Å². The number of H-pyrrole nitrogens is 1. The Bertz CT molecular complexity index is 897. The van der Waals surface area contributed by atoms with Crippen molar-refractivity contribution in [1.82, 2.24) is 25.5 Å². The summed E-state index contributed by atoms with van der Waals surface area (Å²) < 4.78 is 11.4.